The van der Waals surface area contributed by atoms with Crippen LogP contribution in [0.5, 0.6) is 0 Å². The molecule has 26 heavy (non-hydrogen) atoms. The lowest BCUT2D eigenvalue weighted by Gasteiger charge is -2.41. The third kappa shape index (κ3) is 3.01. The van der Waals surface area contributed by atoms with Crippen LogP contribution in [0.4, 0.5) is 5.69 Å². The maximum absolute atomic E-state index is 12.1. The number of fused-ring (bicyclic) bond motifs is 1. The Bertz CT molecular complexity index is 875. The van der Waals surface area contributed by atoms with Crippen LogP contribution >= 0.6 is 0 Å². The van der Waals surface area contributed by atoms with Gasteiger partial charge in [-0.15, -0.1) is 0 Å². The van der Waals surface area contributed by atoms with Crippen LogP contribution in [0.2, 0.25) is 0 Å². The van der Waals surface area contributed by atoms with E-state index in [2.05, 4.69) is 4.98 Å². The fourth-order valence-corrected chi connectivity index (χ4v) is 3.42. The molecule has 0 bridgehead atoms. The number of benzene rings is 1. The molecular formula is C19H19N3O4. The lowest BCUT2D eigenvalue weighted by Crippen LogP contribution is -2.59. The summed E-state index contributed by atoms with van der Waals surface area (Å²) >= 11 is 0. The van der Waals surface area contributed by atoms with Gasteiger partial charge < -0.3 is 9.47 Å². The normalized spacial score (nSPS) is 20.6. The molecule has 1 fully saturated rings. The van der Waals surface area contributed by atoms with E-state index in [-0.39, 0.29) is 6.54 Å². The van der Waals surface area contributed by atoms with Crippen LogP contribution in [0.25, 0.3) is 10.9 Å². The van der Waals surface area contributed by atoms with Gasteiger partial charge in [0.15, 0.2) is 0 Å². The SMILES string of the molecule is CN1CCCN(c2cnc3ccccc3c2)C2(C1)OC(=O)C=CC(=O)O2. The van der Waals surface area contributed by atoms with E-state index in [1.165, 1.54) is 0 Å². The molecule has 2 aromatic rings. The lowest BCUT2D eigenvalue weighted by atomic mass is 10.2. The van der Waals surface area contributed by atoms with Gasteiger partial charge in [0.2, 0.25) is 0 Å². The Morgan fingerprint density at radius 3 is 2.58 bits per heavy atom. The van der Waals surface area contributed by atoms with Crippen molar-refractivity contribution in [2.45, 2.75) is 12.3 Å². The summed E-state index contributed by atoms with van der Waals surface area (Å²) in [4.78, 5) is 32.5. The van der Waals surface area contributed by atoms with E-state index in [9.17, 15) is 9.59 Å². The number of hydrogen-bond acceptors (Lipinski definition) is 7. The van der Waals surface area contributed by atoms with E-state index in [1.54, 1.807) is 6.20 Å². The van der Waals surface area contributed by atoms with Gasteiger partial charge in [0.25, 0.3) is 0 Å². The van der Waals surface area contributed by atoms with Crippen LogP contribution in [0.1, 0.15) is 6.42 Å². The molecule has 3 heterocycles. The molecule has 7 heteroatoms. The van der Waals surface area contributed by atoms with E-state index < -0.39 is 17.8 Å². The Kier molecular flexibility index (Phi) is 4.08. The van der Waals surface area contributed by atoms with Crippen molar-refractivity contribution in [3.63, 3.8) is 0 Å². The van der Waals surface area contributed by atoms with Crippen molar-refractivity contribution in [3.8, 4) is 0 Å². The minimum Gasteiger partial charge on any atom is -0.399 e. The first-order chi connectivity index (χ1) is 12.6. The topological polar surface area (TPSA) is 72.0 Å². The second-order valence-electron chi connectivity index (χ2n) is 6.52. The fourth-order valence-electron chi connectivity index (χ4n) is 3.42. The molecule has 0 N–H and O–H groups in total. The molecule has 1 spiro atoms. The van der Waals surface area contributed by atoms with Gasteiger partial charge in [-0.1, -0.05) is 18.2 Å². The molecule has 2 aliphatic rings. The number of pyridine rings is 1. The van der Waals surface area contributed by atoms with Gasteiger partial charge in [0.1, 0.15) is 0 Å². The van der Waals surface area contributed by atoms with Crippen molar-refractivity contribution < 1.29 is 19.1 Å². The number of aromatic nitrogens is 1. The van der Waals surface area contributed by atoms with Gasteiger partial charge in [-0.05, 0) is 32.1 Å². The smallest absolute Gasteiger partial charge is 0.356 e. The summed E-state index contributed by atoms with van der Waals surface area (Å²) in [5.41, 5.74) is 1.61. The standard InChI is InChI=1S/C19H19N3O4/c1-21-9-4-10-22(15-11-14-5-2-3-6-16(14)20-12-15)19(13-21)25-17(23)7-8-18(24)26-19/h2-3,5-8,11-12H,4,9-10,13H2,1H3. The Morgan fingerprint density at radius 2 is 1.81 bits per heavy atom. The average Bonchev–Trinajstić information content (AvgIpc) is 2.86. The number of carbonyl (C=O) groups is 2. The van der Waals surface area contributed by atoms with Crippen molar-refractivity contribution >= 4 is 28.5 Å². The summed E-state index contributed by atoms with van der Waals surface area (Å²) in [6.45, 7) is 1.60. The highest BCUT2D eigenvalue weighted by molar-refractivity contribution is 5.93. The van der Waals surface area contributed by atoms with E-state index in [0.717, 1.165) is 41.7 Å². The van der Waals surface area contributed by atoms with Crippen LogP contribution in [0.3, 0.4) is 0 Å². The van der Waals surface area contributed by atoms with Gasteiger partial charge in [-0.25, -0.2) is 9.59 Å². The molecule has 1 aromatic carbocycles. The molecule has 0 amide bonds. The quantitative estimate of drug-likeness (QED) is 0.723. The molecule has 0 atom stereocenters. The summed E-state index contributed by atoms with van der Waals surface area (Å²) < 4.78 is 11.3. The third-order valence-corrected chi connectivity index (χ3v) is 4.57. The molecule has 4 rings (SSSR count). The van der Waals surface area contributed by atoms with E-state index in [4.69, 9.17) is 9.47 Å². The number of esters is 2. The van der Waals surface area contributed by atoms with Gasteiger partial charge in [-0.3, -0.25) is 14.8 Å². The van der Waals surface area contributed by atoms with E-state index in [0.29, 0.717) is 6.54 Å². The Labute approximate surface area is 150 Å². The Morgan fingerprint density at radius 1 is 1.08 bits per heavy atom. The number of hydrogen-bond donors (Lipinski definition) is 0. The minimum absolute atomic E-state index is 0.249. The molecule has 2 aliphatic heterocycles. The van der Waals surface area contributed by atoms with Crippen molar-refractivity contribution in [1.29, 1.82) is 0 Å². The molecule has 0 radical (unpaired) electrons. The first-order valence-electron chi connectivity index (χ1n) is 8.51. The van der Waals surface area contributed by atoms with Crippen LogP contribution in [-0.2, 0) is 19.1 Å². The van der Waals surface area contributed by atoms with Crippen LogP contribution < -0.4 is 4.90 Å². The number of anilines is 1. The highest BCUT2D eigenvalue weighted by Gasteiger charge is 2.48. The summed E-state index contributed by atoms with van der Waals surface area (Å²) in [7, 11) is 1.91. The number of nitrogens with zero attached hydrogens (tertiary/aromatic N) is 3. The van der Waals surface area contributed by atoms with Crippen LogP contribution in [-0.4, -0.2) is 54.4 Å². The molecule has 0 unspecified atom stereocenters. The zero-order valence-corrected chi connectivity index (χ0v) is 14.4. The number of carbonyl (C=O) groups excluding carboxylic acids is 2. The Balaban J connectivity index is 1.81. The number of ether oxygens (including phenoxy) is 2. The van der Waals surface area contributed by atoms with Crippen molar-refractivity contribution in [3.05, 3.63) is 48.7 Å². The molecule has 0 saturated carbocycles. The second kappa shape index (κ2) is 6.42. The average molecular weight is 353 g/mol. The lowest BCUT2D eigenvalue weighted by molar-refractivity contribution is -0.223. The van der Waals surface area contributed by atoms with Gasteiger partial charge in [-0.2, -0.15) is 0 Å². The summed E-state index contributed by atoms with van der Waals surface area (Å²) in [6, 6.07) is 9.73. The fraction of sp³-hybridized carbons (Fsp3) is 0.316. The zero-order chi connectivity index (χ0) is 18.1. The molecular weight excluding hydrogens is 334 g/mol. The highest BCUT2D eigenvalue weighted by Crippen LogP contribution is 2.32. The summed E-state index contributed by atoms with van der Waals surface area (Å²) in [5.74, 6) is -2.73. The largest absolute Gasteiger partial charge is 0.399 e. The summed E-state index contributed by atoms with van der Waals surface area (Å²) in [5, 5.41) is 0.960. The maximum atomic E-state index is 12.1. The van der Waals surface area contributed by atoms with E-state index in [1.807, 2.05) is 47.2 Å². The molecule has 0 aliphatic carbocycles. The van der Waals surface area contributed by atoms with E-state index >= 15 is 0 Å². The predicted octanol–water partition coefficient (Wildman–Crippen LogP) is 1.69. The monoisotopic (exact) mass is 353 g/mol. The maximum Gasteiger partial charge on any atom is 0.356 e. The number of para-hydroxylation sites is 1. The van der Waals surface area contributed by atoms with Gasteiger partial charge in [0.05, 0.1) is 23.9 Å². The number of likely N-dealkylation sites (N-methyl/N-ethyl adjacent to an activating group) is 1. The molecule has 134 valence electrons. The predicted molar refractivity (Wildman–Crippen MR) is 95.3 cm³/mol. The zero-order valence-electron chi connectivity index (χ0n) is 14.4. The first kappa shape index (κ1) is 16.5. The van der Waals surface area contributed by atoms with Crippen molar-refractivity contribution in [1.82, 2.24) is 9.88 Å². The van der Waals surface area contributed by atoms with Crippen LogP contribution in [0, 0.1) is 0 Å². The van der Waals surface area contributed by atoms with Gasteiger partial charge in [0, 0.05) is 24.1 Å². The minimum atomic E-state index is -1.52. The summed E-state index contributed by atoms with van der Waals surface area (Å²) in [6.07, 6.45) is 4.74. The van der Waals surface area contributed by atoms with Crippen molar-refractivity contribution in [2.24, 2.45) is 0 Å². The number of rotatable bonds is 1. The molecule has 1 aromatic heterocycles. The molecule has 7 nitrogen and oxygen atoms in total. The van der Waals surface area contributed by atoms with Crippen molar-refractivity contribution in [2.75, 3.05) is 31.6 Å². The van der Waals surface area contributed by atoms with Crippen LogP contribution in [0.15, 0.2) is 48.7 Å². The van der Waals surface area contributed by atoms with Gasteiger partial charge >= 0.3 is 17.8 Å². The first-order valence-corrected chi connectivity index (χ1v) is 8.51. The molecule has 1 saturated heterocycles. The highest BCUT2D eigenvalue weighted by atomic mass is 16.8. The third-order valence-electron chi connectivity index (χ3n) is 4.57. The second-order valence-corrected chi connectivity index (χ2v) is 6.52. The Hall–Kier alpha value is -2.93.